The summed E-state index contributed by atoms with van der Waals surface area (Å²) in [5.41, 5.74) is 28.2. The Labute approximate surface area is 515 Å². The maximum Gasteiger partial charge on any atom is 0.326 e. The van der Waals surface area contributed by atoms with Crippen LogP contribution in [0.15, 0.2) is 58.5 Å². The molecule has 9 amide bonds. The Hall–Kier alpha value is -9.51. The van der Waals surface area contributed by atoms with Gasteiger partial charge in [-0.3, -0.25) is 62.7 Å². The lowest BCUT2D eigenvalue weighted by Gasteiger charge is -2.28. The summed E-state index contributed by atoms with van der Waals surface area (Å²) in [6, 6.07) is -3.71. The summed E-state index contributed by atoms with van der Waals surface area (Å²) < 4.78 is 0. The number of thioether (sulfide) groups is 1. The van der Waals surface area contributed by atoms with Crippen molar-refractivity contribution in [3.63, 3.8) is 0 Å². The minimum Gasteiger partial charge on any atom is -0.508 e. The van der Waals surface area contributed by atoms with Crippen LogP contribution in [0.25, 0.3) is 0 Å². The molecule has 0 radical (unpaired) electrons. The first-order chi connectivity index (χ1) is 41.8. The molecule has 0 unspecified atom stereocenters. The summed E-state index contributed by atoms with van der Waals surface area (Å²) in [4.78, 5) is 167. The SMILES string of the molecule is CSCC[C@H](NC(=O)CNC(=O)[C@H](Cc1ccc(O)cc1)NC(=O)[C@H](Cc1ccc(O)cc1)NC(=O)[C@H](CCCN=C(N)N)NC(=O)[C@@H](NC(=O)[C@H](CCCN=C(N)N)NC(=O)[C@@H](N)CC(=O)O)[C@@H](C)O)C(=O)N[C@@H](CC(=O)O)C(=O)N[C@H](C(=O)O)C(C)C. The number of hydrogen-bond donors (Lipinski definition) is 20. The second-order valence-electron chi connectivity index (χ2n) is 20.7. The van der Waals surface area contributed by atoms with Gasteiger partial charge < -0.3 is 107 Å². The van der Waals surface area contributed by atoms with Gasteiger partial charge in [0.15, 0.2) is 11.9 Å². The van der Waals surface area contributed by atoms with E-state index in [0.29, 0.717) is 11.1 Å². The molecule has 0 heterocycles. The maximum atomic E-state index is 14.6. The van der Waals surface area contributed by atoms with Crippen molar-refractivity contribution in [3.8, 4) is 11.5 Å². The van der Waals surface area contributed by atoms with Crippen molar-refractivity contribution >= 4 is 94.8 Å². The first kappa shape index (κ1) is 75.6. The zero-order valence-corrected chi connectivity index (χ0v) is 50.3. The van der Waals surface area contributed by atoms with Crippen LogP contribution >= 0.6 is 11.8 Å². The number of carbonyl (C=O) groups excluding carboxylic acids is 9. The van der Waals surface area contributed by atoms with Gasteiger partial charge in [-0.05, 0) is 92.3 Å². The van der Waals surface area contributed by atoms with Crippen LogP contribution in [-0.2, 0) is 70.4 Å². The number of nitrogens with two attached hydrogens (primary N) is 5. The smallest absolute Gasteiger partial charge is 0.326 e. The van der Waals surface area contributed by atoms with Gasteiger partial charge in [-0.1, -0.05) is 38.1 Å². The van der Waals surface area contributed by atoms with E-state index in [1.54, 1.807) is 6.26 Å². The van der Waals surface area contributed by atoms with Gasteiger partial charge in [0, 0.05) is 25.9 Å². The molecule has 35 heteroatoms. The number of guanidine groups is 2. The molecule has 2 rings (SSSR count). The van der Waals surface area contributed by atoms with Crippen LogP contribution in [0.2, 0.25) is 0 Å². The number of phenolic OH excluding ortho intramolecular Hbond substituents is 2. The van der Waals surface area contributed by atoms with Crippen molar-refractivity contribution in [3.05, 3.63) is 59.7 Å². The Morgan fingerprint density at radius 3 is 1.31 bits per heavy atom. The lowest BCUT2D eigenvalue weighted by atomic mass is 10.0. The van der Waals surface area contributed by atoms with Gasteiger partial charge in [0.05, 0.1) is 31.5 Å². The van der Waals surface area contributed by atoms with Crippen molar-refractivity contribution < 1.29 is 88.2 Å². The largest absolute Gasteiger partial charge is 0.508 e. The highest BCUT2D eigenvalue weighted by Gasteiger charge is 2.36. The summed E-state index contributed by atoms with van der Waals surface area (Å²) in [6.45, 7) is 3.12. The van der Waals surface area contributed by atoms with Gasteiger partial charge in [-0.25, -0.2) is 4.79 Å². The highest BCUT2D eigenvalue weighted by atomic mass is 32.2. The van der Waals surface area contributed by atoms with E-state index in [1.165, 1.54) is 74.1 Å². The molecule has 2 aromatic carbocycles. The quantitative estimate of drug-likeness (QED) is 0.0168. The van der Waals surface area contributed by atoms with Gasteiger partial charge in [0.2, 0.25) is 53.2 Å². The van der Waals surface area contributed by atoms with E-state index in [4.69, 9.17) is 33.8 Å². The van der Waals surface area contributed by atoms with E-state index in [9.17, 15) is 83.1 Å². The number of carboxylic acid groups (broad SMARTS) is 3. The number of rotatable bonds is 40. The normalized spacial score (nSPS) is 14.3. The standard InChI is InChI=1S/C54H82N16O18S/c1-26(2)42(52(87)88)69-50(85)38(24-41(77)78)68-47(82)35(17-20-89-4)63-39(74)25-62-45(80)36(21-28-9-13-30(72)14-10-28)66-49(84)37(22-29-11-15-31(73)16-12-29)67-46(81)33(7-5-18-60-53(56)57)65-51(86)43(27(3)71)70-48(83)34(8-6-19-61-54(58)59)64-44(79)32(55)23-40(75)76/h9-16,26-27,32-38,42-43,71-73H,5-8,17-25,55H2,1-4H3,(H,62,80)(H,63,74)(H,64,79)(H,65,86)(H,66,84)(H,67,81)(H,68,82)(H,69,85)(H,70,83)(H,75,76)(H,77,78)(H,87,88)(H4,56,57,60)(H4,58,59,61)/t27-,32+,33+,34+,35+,36+,37+,38+,42+,43+/m1/s1. The number of carboxylic acids is 3. The molecule has 0 saturated heterocycles. The second kappa shape index (κ2) is 38.6. The molecule has 34 nitrogen and oxygen atoms in total. The zero-order chi connectivity index (χ0) is 67.1. The van der Waals surface area contributed by atoms with E-state index in [-0.39, 0.29) is 87.2 Å². The van der Waals surface area contributed by atoms with E-state index in [0.717, 1.165) is 6.92 Å². The molecule has 492 valence electrons. The number of carbonyl (C=O) groups is 12. The number of aliphatic hydroxyl groups excluding tert-OH is 1. The number of aliphatic hydroxyl groups is 1. The Balaban J connectivity index is 2.56. The molecule has 0 aliphatic carbocycles. The van der Waals surface area contributed by atoms with Crippen LogP contribution in [0.3, 0.4) is 0 Å². The van der Waals surface area contributed by atoms with Crippen molar-refractivity contribution in [2.75, 3.05) is 31.6 Å². The van der Waals surface area contributed by atoms with E-state index in [1.807, 2.05) is 0 Å². The third-order valence-electron chi connectivity index (χ3n) is 12.9. The number of aliphatic imine (C=N–C) groups is 2. The number of aliphatic carboxylic acids is 3. The highest BCUT2D eigenvalue weighted by Crippen LogP contribution is 2.15. The summed E-state index contributed by atoms with van der Waals surface area (Å²) in [6.07, 6.45) is -2.99. The number of nitrogens with one attached hydrogen (secondary N) is 9. The predicted molar refractivity (Wildman–Crippen MR) is 322 cm³/mol. The van der Waals surface area contributed by atoms with Crippen molar-refractivity contribution in [1.29, 1.82) is 0 Å². The van der Waals surface area contributed by atoms with Crippen LogP contribution in [0.5, 0.6) is 11.5 Å². The Morgan fingerprint density at radius 2 is 0.888 bits per heavy atom. The first-order valence-corrected chi connectivity index (χ1v) is 29.2. The Kier molecular flexibility index (Phi) is 32.8. The topological polar surface area (TPSA) is 589 Å². The fourth-order valence-electron chi connectivity index (χ4n) is 8.19. The number of hydrogen-bond acceptors (Lipinski definition) is 19. The van der Waals surface area contributed by atoms with Crippen LogP contribution in [0.1, 0.15) is 76.8 Å². The number of amides is 9. The summed E-state index contributed by atoms with van der Waals surface area (Å²) in [5, 5.41) is 80.8. The summed E-state index contributed by atoms with van der Waals surface area (Å²) >= 11 is 1.26. The average molecular weight is 1280 g/mol. The molecule has 2 aromatic rings. The second-order valence-corrected chi connectivity index (χ2v) is 21.6. The lowest BCUT2D eigenvalue weighted by Crippen LogP contribution is -2.61. The monoisotopic (exact) mass is 1270 g/mol. The molecular weight excluding hydrogens is 1190 g/mol. The van der Waals surface area contributed by atoms with Crippen LogP contribution in [-0.4, -0.2) is 206 Å². The molecule has 0 aliphatic rings. The third-order valence-corrected chi connectivity index (χ3v) is 13.5. The van der Waals surface area contributed by atoms with E-state index >= 15 is 0 Å². The fraction of sp³-hybridized carbons (Fsp3) is 0.519. The number of benzene rings is 2. The predicted octanol–water partition coefficient (Wildman–Crippen LogP) is -5.86. The summed E-state index contributed by atoms with van der Waals surface area (Å²) in [5.74, 6) is -15.2. The number of aromatic hydroxyl groups is 2. The van der Waals surface area contributed by atoms with Gasteiger partial charge >= 0.3 is 17.9 Å². The molecule has 0 saturated carbocycles. The third kappa shape index (κ3) is 29.2. The van der Waals surface area contributed by atoms with Crippen molar-refractivity contribution in [1.82, 2.24) is 47.9 Å². The average Bonchev–Trinajstić information content (AvgIpc) is 3.64. The molecule has 10 atom stereocenters. The molecule has 89 heavy (non-hydrogen) atoms. The molecule has 0 bridgehead atoms. The minimum absolute atomic E-state index is 0.0153. The minimum atomic E-state index is -1.87. The first-order valence-electron chi connectivity index (χ1n) is 27.8. The van der Waals surface area contributed by atoms with Crippen molar-refractivity contribution in [2.45, 2.75) is 139 Å². The Morgan fingerprint density at radius 1 is 0.494 bits per heavy atom. The molecule has 0 fully saturated rings. The lowest BCUT2D eigenvalue weighted by molar-refractivity contribution is -0.144. The highest BCUT2D eigenvalue weighted by molar-refractivity contribution is 7.98. The molecular formula is C54H82N16O18S. The van der Waals surface area contributed by atoms with Gasteiger partial charge in [0.1, 0.15) is 59.8 Å². The summed E-state index contributed by atoms with van der Waals surface area (Å²) in [7, 11) is 0. The molecule has 0 aliphatic heterocycles. The van der Waals surface area contributed by atoms with Crippen LogP contribution in [0, 0.1) is 5.92 Å². The van der Waals surface area contributed by atoms with E-state index < -0.39 is 157 Å². The molecule has 0 spiro atoms. The van der Waals surface area contributed by atoms with Crippen LogP contribution in [0.4, 0.5) is 0 Å². The van der Waals surface area contributed by atoms with Gasteiger partial charge in [-0.2, -0.15) is 11.8 Å². The van der Waals surface area contributed by atoms with E-state index in [2.05, 4.69) is 57.8 Å². The van der Waals surface area contributed by atoms with Crippen LogP contribution < -0.4 is 76.5 Å². The number of phenols is 2. The fourth-order valence-corrected chi connectivity index (χ4v) is 8.66. The maximum absolute atomic E-state index is 14.6. The Bertz CT molecular complexity index is 2820. The number of nitrogens with zero attached hydrogens (tertiary/aromatic N) is 2. The zero-order valence-electron chi connectivity index (χ0n) is 49.4. The molecule has 0 aromatic heterocycles. The molecule has 25 N–H and O–H groups in total. The van der Waals surface area contributed by atoms with Crippen molar-refractivity contribution in [2.24, 2.45) is 44.6 Å². The van der Waals surface area contributed by atoms with Gasteiger partial charge in [-0.15, -0.1) is 0 Å². The van der Waals surface area contributed by atoms with Gasteiger partial charge in [0.25, 0.3) is 0 Å².